The van der Waals surface area contributed by atoms with Crippen LogP contribution in [0.5, 0.6) is 5.75 Å². The molecule has 3 aliphatic carbocycles. The van der Waals surface area contributed by atoms with Gasteiger partial charge in [-0.3, -0.25) is 14.4 Å². The highest BCUT2D eigenvalue weighted by molar-refractivity contribution is 6.24. The molecule has 10 heteroatoms. The fourth-order valence-corrected chi connectivity index (χ4v) is 4.97. The zero-order chi connectivity index (χ0) is 22.3. The Balaban J connectivity index is 2.01. The van der Waals surface area contributed by atoms with Gasteiger partial charge in [0.15, 0.2) is 23.0 Å². The number of halogens is 1. The van der Waals surface area contributed by atoms with E-state index in [1.807, 2.05) is 0 Å². The number of Topliss-reactive ketones (excluding diaryl/α,β-unsaturated/α-hetero) is 2. The molecule has 0 saturated carbocycles. The smallest absolute Gasteiger partial charge is 0.255 e. The zero-order valence-corrected chi connectivity index (χ0v) is 15.6. The summed E-state index contributed by atoms with van der Waals surface area (Å²) in [6, 6.07) is 2.22. The molecule has 0 radical (unpaired) electrons. The second kappa shape index (κ2) is 6.13. The van der Waals surface area contributed by atoms with E-state index >= 15 is 0 Å². The highest BCUT2D eigenvalue weighted by Gasteiger charge is 2.64. The summed E-state index contributed by atoms with van der Waals surface area (Å²) < 4.78 is 13.9. The Kier molecular flexibility index (Phi) is 4.10. The average molecular weight is 419 g/mol. The van der Waals surface area contributed by atoms with Crippen molar-refractivity contribution in [3.8, 4) is 5.75 Å². The fraction of sp³-hybridized carbons (Fsp3) is 0.350. The lowest BCUT2D eigenvalue weighted by Gasteiger charge is -2.50. The third-order valence-corrected chi connectivity index (χ3v) is 6.45. The Bertz CT molecular complexity index is 1110. The van der Waals surface area contributed by atoms with E-state index in [1.165, 1.54) is 6.07 Å². The van der Waals surface area contributed by atoms with Crippen molar-refractivity contribution in [3.05, 3.63) is 51.7 Å². The summed E-state index contributed by atoms with van der Waals surface area (Å²) in [5, 5.41) is 53.1. The van der Waals surface area contributed by atoms with Crippen LogP contribution in [0, 0.1) is 17.7 Å². The number of phenols is 1. The van der Waals surface area contributed by atoms with Gasteiger partial charge in [-0.25, -0.2) is 4.39 Å². The van der Waals surface area contributed by atoms with Gasteiger partial charge in [0.05, 0.1) is 11.7 Å². The van der Waals surface area contributed by atoms with Crippen molar-refractivity contribution < 1.29 is 44.3 Å². The van der Waals surface area contributed by atoms with E-state index in [-0.39, 0.29) is 5.56 Å². The molecule has 0 unspecified atom stereocenters. The van der Waals surface area contributed by atoms with Gasteiger partial charge < -0.3 is 31.3 Å². The van der Waals surface area contributed by atoms with Crippen molar-refractivity contribution in [1.82, 2.24) is 0 Å². The van der Waals surface area contributed by atoms with Gasteiger partial charge in [-0.1, -0.05) is 13.0 Å². The first kappa shape index (κ1) is 20.0. The van der Waals surface area contributed by atoms with Gasteiger partial charge in [0.1, 0.15) is 17.1 Å². The minimum absolute atomic E-state index is 0.213. The zero-order valence-electron chi connectivity index (χ0n) is 15.6. The number of ketones is 2. The second-order valence-corrected chi connectivity index (χ2v) is 7.85. The Labute approximate surface area is 168 Å². The SMILES string of the molecule is C[C@H]1c2ccc(F)c(O)c2C(=O)C2=C(O)[C@]3(O)C(=O)C(C(N)=O)=C(O)C[C@@H]3[C@@H](O)[C@@H]21. The normalized spacial score (nSPS) is 33.2. The maximum absolute atomic E-state index is 13.9. The van der Waals surface area contributed by atoms with Crippen LogP contribution in [0.3, 0.4) is 0 Å². The Morgan fingerprint density at radius 1 is 1.23 bits per heavy atom. The van der Waals surface area contributed by atoms with Crippen molar-refractivity contribution in [2.75, 3.05) is 0 Å². The Morgan fingerprint density at radius 2 is 1.87 bits per heavy atom. The number of nitrogens with two attached hydrogens (primary N) is 1. The molecule has 0 bridgehead atoms. The predicted octanol–water partition coefficient (Wildman–Crippen LogP) is 0.251. The number of primary amides is 1. The van der Waals surface area contributed by atoms with E-state index in [9.17, 15) is 44.3 Å². The van der Waals surface area contributed by atoms with E-state index in [1.54, 1.807) is 6.92 Å². The van der Waals surface area contributed by atoms with Crippen LogP contribution in [0.25, 0.3) is 0 Å². The molecule has 4 rings (SSSR count). The van der Waals surface area contributed by atoms with Crippen molar-refractivity contribution in [1.29, 1.82) is 0 Å². The predicted molar refractivity (Wildman–Crippen MR) is 96.9 cm³/mol. The van der Waals surface area contributed by atoms with Gasteiger partial charge in [0.2, 0.25) is 5.78 Å². The van der Waals surface area contributed by atoms with Crippen LogP contribution in [-0.4, -0.2) is 54.7 Å². The molecule has 9 nitrogen and oxygen atoms in total. The molecule has 0 fully saturated rings. The lowest BCUT2D eigenvalue weighted by molar-refractivity contribution is -0.154. The van der Waals surface area contributed by atoms with Gasteiger partial charge in [-0.05, 0) is 17.5 Å². The number of benzene rings is 1. The van der Waals surface area contributed by atoms with Crippen LogP contribution < -0.4 is 5.73 Å². The first-order valence-corrected chi connectivity index (χ1v) is 9.11. The molecule has 1 aromatic carbocycles. The number of aliphatic hydroxyl groups excluding tert-OH is 3. The molecule has 5 atom stereocenters. The third kappa shape index (κ3) is 2.20. The molecule has 1 amide bonds. The minimum atomic E-state index is -2.91. The molecule has 0 aromatic heterocycles. The number of phenolic OH excluding ortho intramolecular Hbond substituents is 1. The average Bonchev–Trinajstić information content (AvgIpc) is 2.67. The first-order valence-electron chi connectivity index (χ1n) is 9.11. The maximum Gasteiger partial charge on any atom is 0.255 e. The quantitative estimate of drug-likeness (QED) is 0.351. The summed E-state index contributed by atoms with van der Waals surface area (Å²) in [6.07, 6.45) is -2.17. The molecule has 0 saturated heterocycles. The number of rotatable bonds is 1. The van der Waals surface area contributed by atoms with Crippen molar-refractivity contribution in [2.45, 2.75) is 31.0 Å². The lowest BCUT2D eigenvalue weighted by Crippen LogP contribution is -2.62. The van der Waals surface area contributed by atoms with E-state index < -0.39 is 93.1 Å². The van der Waals surface area contributed by atoms with E-state index in [0.717, 1.165) is 6.07 Å². The van der Waals surface area contributed by atoms with Crippen LogP contribution in [0.15, 0.2) is 34.8 Å². The summed E-state index contributed by atoms with van der Waals surface area (Å²) in [5.74, 6) is -11.1. The number of hydrogen-bond acceptors (Lipinski definition) is 8. The molecule has 1 aromatic rings. The number of hydrogen-bond donors (Lipinski definition) is 6. The molecule has 3 aliphatic rings. The van der Waals surface area contributed by atoms with Gasteiger partial charge in [-0.2, -0.15) is 0 Å². The van der Waals surface area contributed by atoms with Crippen LogP contribution in [0.1, 0.15) is 35.2 Å². The molecular formula is C20H18FNO8. The number of carbonyl (C=O) groups is 3. The summed E-state index contributed by atoms with van der Waals surface area (Å²) in [6.45, 7) is 1.56. The van der Waals surface area contributed by atoms with E-state index in [4.69, 9.17) is 5.73 Å². The van der Waals surface area contributed by atoms with Crippen molar-refractivity contribution in [3.63, 3.8) is 0 Å². The molecule has 30 heavy (non-hydrogen) atoms. The van der Waals surface area contributed by atoms with Crippen LogP contribution in [-0.2, 0) is 9.59 Å². The largest absolute Gasteiger partial charge is 0.511 e. The number of allylic oxidation sites excluding steroid dienone is 1. The number of fused-ring (bicyclic) bond motifs is 3. The highest BCUT2D eigenvalue weighted by Crippen LogP contribution is 2.54. The first-order chi connectivity index (χ1) is 13.9. The van der Waals surface area contributed by atoms with Gasteiger partial charge >= 0.3 is 0 Å². The van der Waals surface area contributed by atoms with Crippen LogP contribution in [0.2, 0.25) is 0 Å². The fourth-order valence-electron chi connectivity index (χ4n) is 4.97. The van der Waals surface area contributed by atoms with E-state index in [0.29, 0.717) is 0 Å². The van der Waals surface area contributed by atoms with Crippen LogP contribution in [0.4, 0.5) is 4.39 Å². The molecule has 158 valence electrons. The Hall–Kier alpha value is -3.24. The van der Waals surface area contributed by atoms with Gasteiger partial charge in [-0.15, -0.1) is 0 Å². The molecule has 0 spiro atoms. The van der Waals surface area contributed by atoms with Crippen molar-refractivity contribution >= 4 is 17.5 Å². The molecule has 0 heterocycles. The van der Waals surface area contributed by atoms with Gasteiger partial charge in [0, 0.05) is 23.8 Å². The minimum Gasteiger partial charge on any atom is -0.511 e. The summed E-state index contributed by atoms with van der Waals surface area (Å²) in [7, 11) is 0. The summed E-state index contributed by atoms with van der Waals surface area (Å²) in [5.41, 5.74) is 0.438. The topological polar surface area (TPSA) is 178 Å². The molecular weight excluding hydrogens is 401 g/mol. The molecule has 7 N–H and O–H groups in total. The number of amides is 1. The van der Waals surface area contributed by atoms with E-state index in [2.05, 4.69) is 0 Å². The summed E-state index contributed by atoms with van der Waals surface area (Å²) >= 11 is 0. The lowest BCUT2D eigenvalue weighted by atomic mass is 9.56. The highest BCUT2D eigenvalue weighted by atomic mass is 19.1. The number of carbonyl (C=O) groups excluding carboxylic acids is 3. The third-order valence-electron chi connectivity index (χ3n) is 6.45. The summed E-state index contributed by atoms with van der Waals surface area (Å²) in [4.78, 5) is 37.5. The van der Waals surface area contributed by atoms with Crippen LogP contribution >= 0.6 is 0 Å². The monoisotopic (exact) mass is 419 g/mol. The number of aliphatic hydroxyl groups is 4. The standard InChI is InChI=1S/C20H18FNO8/c1-5-6-2-3-8(21)15(25)11(6)16(26)13-10(5)14(24)7-4-9(23)12(19(22)29)17(27)20(7,30)18(13)28/h2-3,5,7,10,14,23-25,28,30H,4H2,1H3,(H2,22,29)/t5-,7+,10+,14+,20+/m0/s1. The second-order valence-electron chi connectivity index (χ2n) is 7.85. The Morgan fingerprint density at radius 3 is 2.47 bits per heavy atom. The number of aromatic hydroxyl groups is 1. The molecule has 0 aliphatic heterocycles. The van der Waals surface area contributed by atoms with Crippen molar-refractivity contribution in [2.24, 2.45) is 17.6 Å². The van der Waals surface area contributed by atoms with Gasteiger partial charge in [0.25, 0.3) is 5.91 Å². The maximum atomic E-state index is 13.9.